The van der Waals surface area contributed by atoms with E-state index in [1.54, 1.807) is 13.0 Å². The Kier molecular flexibility index (Phi) is 4.01. The summed E-state index contributed by atoms with van der Waals surface area (Å²) in [5, 5.41) is 10.8. The minimum absolute atomic E-state index is 0.220. The molecule has 0 aliphatic rings. The molecule has 1 amide bonds. The van der Waals surface area contributed by atoms with Gasteiger partial charge in [-0.25, -0.2) is 4.98 Å². The molecule has 0 aliphatic heterocycles. The molecule has 6 nitrogen and oxygen atoms in total. The van der Waals surface area contributed by atoms with Crippen LogP contribution in [0.15, 0.2) is 18.5 Å². The van der Waals surface area contributed by atoms with E-state index in [1.165, 1.54) is 12.4 Å². The number of anilines is 1. The predicted molar refractivity (Wildman–Crippen MR) is 71.1 cm³/mol. The lowest BCUT2D eigenvalue weighted by Crippen LogP contribution is -2.17. The maximum atomic E-state index is 12.2. The molecule has 2 rings (SSSR count). The summed E-state index contributed by atoms with van der Waals surface area (Å²) in [6, 6.07) is 1.69. The molecule has 0 unspecified atom stereocenters. The van der Waals surface area contributed by atoms with Crippen molar-refractivity contribution in [2.24, 2.45) is 0 Å². The van der Waals surface area contributed by atoms with Gasteiger partial charge < -0.3 is 5.32 Å². The van der Waals surface area contributed by atoms with E-state index in [-0.39, 0.29) is 11.1 Å². The number of nitrogens with zero attached hydrogens (tertiary/aromatic N) is 4. The van der Waals surface area contributed by atoms with Crippen LogP contribution in [0.3, 0.4) is 0 Å². The fourth-order valence-corrected chi connectivity index (χ4v) is 1.71. The zero-order chi connectivity index (χ0) is 13.8. The summed E-state index contributed by atoms with van der Waals surface area (Å²) in [7, 11) is 0. The molecule has 0 aliphatic carbocycles. The van der Waals surface area contributed by atoms with Crippen LogP contribution in [0.25, 0.3) is 0 Å². The van der Waals surface area contributed by atoms with Gasteiger partial charge in [-0.1, -0.05) is 18.5 Å². The molecule has 0 bridgehead atoms. The average molecular weight is 278 g/mol. The SMILES string of the molecule is CCc1nnc(C)cc1C(=O)Nc1cncc(Cl)n1. The smallest absolute Gasteiger partial charge is 0.258 e. The molecule has 0 aromatic carbocycles. The molecule has 98 valence electrons. The van der Waals surface area contributed by atoms with Crippen molar-refractivity contribution in [1.29, 1.82) is 0 Å². The Balaban J connectivity index is 2.27. The normalized spacial score (nSPS) is 10.3. The minimum atomic E-state index is -0.300. The van der Waals surface area contributed by atoms with Gasteiger partial charge in [0.1, 0.15) is 5.15 Å². The summed E-state index contributed by atoms with van der Waals surface area (Å²) >= 11 is 5.71. The number of carbonyl (C=O) groups is 1. The molecule has 0 radical (unpaired) electrons. The highest BCUT2D eigenvalue weighted by Crippen LogP contribution is 2.12. The zero-order valence-electron chi connectivity index (χ0n) is 10.5. The first-order valence-electron chi connectivity index (χ1n) is 5.72. The molecule has 1 N–H and O–H groups in total. The second-order valence-corrected chi connectivity index (χ2v) is 4.27. The van der Waals surface area contributed by atoms with Crippen LogP contribution in [0.1, 0.15) is 28.7 Å². The number of aromatic nitrogens is 4. The lowest BCUT2D eigenvalue weighted by Gasteiger charge is -2.07. The molecule has 0 spiro atoms. The first-order valence-corrected chi connectivity index (χ1v) is 6.10. The van der Waals surface area contributed by atoms with Crippen LogP contribution in [0.5, 0.6) is 0 Å². The first-order chi connectivity index (χ1) is 9.10. The van der Waals surface area contributed by atoms with Gasteiger partial charge in [-0.15, -0.1) is 0 Å². The second kappa shape index (κ2) is 5.71. The molecule has 0 saturated carbocycles. The van der Waals surface area contributed by atoms with Crippen LogP contribution in [0.4, 0.5) is 5.82 Å². The van der Waals surface area contributed by atoms with Gasteiger partial charge >= 0.3 is 0 Å². The number of halogens is 1. The van der Waals surface area contributed by atoms with Gasteiger partial charge in [0.15, 0.2) is 5.82 Å². The molecule has 2 aromatic heterocycles. The third-order valence-corrected chi connectivity index (χ3v) is 2.60. The first kappa shape index (κ1) is 13.4. The molecule has 2 heterocycles. The van der Waals surface area contributed by atoms with Crippen molar-refractivity contribution in [3.05, 3.63) is 40.6 Å². The summed E-state index contributed by atoms with van der Waals surface area (Å²) in [6.07, 6.45) is 3.45. The van der Waals surface area contributed by atoms with E-state index < -0.39 is 0 Å². The monoisotopic (exact) mass is 277 g/mol. The van der Waals surface area contributed by atoms with Gasteiger partial charge in [0, 0.05) is 0 Å². The lowest BCUT2D eigenvalue weighted by atomic mass is 10.1. The van der Waals surface area contributed by atoms with Crippen LogP contribution in [0.2, 0.25) is 5.15 Å². The maximum Gasteiger partial charge on any atom is 0.258 e. The number of aryl methyl sites for hydroxylation is 2. The number of nitrogens with one attached hydrogen (secondary N) is 1. The van der Waals surface area contributed by atoms with Crippen molar-refractivity contribution < 1.29 is 4.79 Å². The Morgan fingerprint density at radius 3 is 2.84 bits per heavy atom. The van der Waals surface area contributed by atoms with Crippen molar-refractivity contribution in [3.8, 4) is 0 Å². The zero-order valence-corrected chi connectivity index (χ0v) is 11.3. The van der Waals surface area contributed by atoms with E-state index in [2.05, 4.69) is 25.5 Å². The molecule has 2 aromatic rings. The third kappa shape index (κ3) is 3.23. The minimum Gasteiger partial charge on any atom is -0.305 e. The number of amides is 1. The predicted octanol–water partition coefficient (Wildman–Crippen LogP) is 2.04. The molecule has 0 atom stereocenters. The highest BCUT2D eigenvalue weighted by atomic mass is 35.5. The van der Waals surface area contributed by atoms with Crippen LogP contribution in [-0.2, 0) is 6.42 Å². The van der Waals surface area contributed by atoms with Crippen LogP contribution < -0.4 is 5.32 Å². The van der Waals surface area contributed by atoms with Gasteiger partial charge in [-0.2, -0.15) is 10.2 Å². The molecule has 19 heavy (non-hydrogen) atoms. The summed E-state index contributed by atoms with van der Waals surface area (Å²) in [5.74, 6) is 0.000403. The fraction of sp³-hybridized carbons (Fsp3) is 0.250. The van der Waals surface area contributed by atoms with Crippen molar-refractivity contribution in [2.45, 2.75) is 20.3 Å². The maximum absolute atomic E-state index is 12.2. The summed E-state index contributed by atoms with van der Waals surface area (Å²) in [6.45, 7) is 3.69. The van der Waals surface area contributed by atoms with E-state index in [0.29, 0.717) is 29.2 Å². The molecular weight excluding hydrogens is 266 g/mol. The van der Waals surface area contributed by atoms with Gasteiger partial charge in [-0.3, -0.25) is 9.78 Å². The molecule has 7 heteroatoms. The number of hydrogen-bond acceptors (Lipinski definition) is 5. The van der Waals surface area contributed by atoms with Crippen LogP contribution in [-0.4, -0.2) is 26.1 Å². The fourth-order valence-electron chi connectivity index (χ4n) is 1.56. The Morgan fingerprint density at radius 1 is 1.37 bits per heavy atom. The van der Waals surface area contributed by atoms with Crippen LogP contribution in [0, 0.1) is 6.92 Å². The topological polar surface area (TPSA) is 80.7 Å². The highest BCUT2D eigenvalue weighted by molar-refractivity contribution is 6.29. The molecular formula is C12H12ClN5O. The van der Waals surface area contributed by atoms with Gasteiger partial charge in [-0.05, 0) is 19.4 Å². The standard InChI is InChI=1S/C12H12ClN5O/c1-3-9-8(4-7(2)17-18-9)12(19)16-11-6-14-5-10(13)15-11/h4-6H,3H2,1-2H3,(H,15,16,19). The van der Waals surface area contributed by atoms with Crippen LogP contribution >= 0.6 is 11.6 Å². The van der Waals surface area contributed by atoms with Crippen molar-refractivity contribution in [2.75, 3.05) is 5.32 Å². The Bertz CT molecular complexity index is 617. The van der Waals surface area contributed by atoms with Gasteiger partial charge in [0.25, 0.3) is 5.91 Å². The van der Waals surface area contributed by atoms with E-state index in [4.69, 9.17) is 11.6 Å². The second-order valence-electron chi connectivity index (χ2n) is 3.88. The summed E-state index contributed by atoms with van der Waals surface area (Å²) < 4.78 is 0. The van der Waals surface area contributed by atoms with E-state index >= 15 is 0 Å². The van der Waals surface area contributed by atoms with E-state index in [1.807, 2.05) is 6.92 Å². The largest absolute Gasteiger partial charge is 0.305 e. The summed E-state index contributed by atoms with van der Waals surface area (Å²) in [4.78, 5) is 20.0. The average Bonchev–Trinajstić information content (AvgIpc) is 2.38. The number of rotatable bonds is 3. The van der Waals surface area contributed by atoms with Crippen molar-refractivity contribution in [1.82, 2.24) is 20.2 Å². The van der Waals surface area contributed by atoms with Gasteiger partial charge in [0.2, 0.25) is 0 Å². The number of hydrogen-bond donors (Lipinski definition) is 1. The number of carbonyl (C=O) groups excluding carboxylic acids is 1. The third-order valence-electron chi connectivity index (χ3n) is 2.42. The van der Waals surface area contributed by atoms with E-state index in [0.717, 1.165) is 0 Å². The Hall–Kier alpha value is -2.08. The quantitative estimate of drug-likeness (QED) is 0.928. The van der Waals surface area contributed by atoms with Gasteiger partial charge in [0.05, 0.1) is 29.3 Å². The molecule has 0 saturated heterocycles. The highest BCUT2D eigenvalue weighted by Gasteiger charge is 2.13. The summed E-state index contributed by atoms with van der Waals surface area (Å²) in [5.41, 5.74) is 1.80. The van der Waals surface area contributed by atoms with E-state index in [9.17, 15) is 4.79 Å². The van der Waals surface area contributed by atoms with Crippen molar-refractivity contribution >= 4 is 23.3 Å². The lowest BCUT2D eigenvalue weighted by molar-refractivity contribution is 0.102. The molecule has 0 fully saturated rings. The Morgan fingerprint density at radius 2 is 2.16 bits per heavy atom. The van der Waals surface area contributed by atoms with Crippen molar-refractivity contribution in [3.63, 3.8) is 0 Å². The Labute approximate surface area is 115 Å².